The van der Waals surface area contributed by atoms with Crippen LogP contribution in [0, 0.1) is 0 Å². The van der Waals surface area contributed by atoms with Crippen molar-refractivity contribution in [2.45, 2.75) is 10.9 Å². The summed E-state index contributed by atoms with van der Waals surface area (Å²) in [6.07, 6.45) is 1.96. The van der Waals surface area contributed by atoms with Crippen LogP contribution in [0.5, 0.6) is 0 Å². The Hall–Kier alpha value is -1.07. The lowest BCUT2D eigenvalue weighted by Crippen LogP contribution is -2.38. The molecule has 15 heavy (non-hydrogen) atoms. The number of fused-ring (bicyclic) bond motifs is 1. The number of para-hydroxylation sites is 1. The van der Waals surface area contributed by atoms with Gasteiger partial charge in [0, 0.05) is 6.07 Å². The molecule has 0 amide bonds. The lowest BCUT2D eigenvalue weighted by atomic mass is 10.3. The molecule has 1 aromatic heterocycles. The number of carbonyl (C=O) groups is 1. The number of benzene rings is 1. The zero-order chi connectivity index (χ0) is 10.8. The highest BCUT2D eigenvalue weighted by atomic mass is 32.2. The summed E-state index contributed by atoms with van der Waals surface area (Å²) in [6, 6.07) is 7.86. The van der Waals surface area contributed by atoms with Gasteiger partial charge in [-0.3, -0.25) is 0 Å². The van der Waals surface area contributed by atoms with E-state index >= 15 is 0 Å². The number of thiazole rings is 1. The molecule has 0 aliphatic rings. The fraction of sp³-hybridized carbons (Fsp3) is 0.200. The van der Waals surface area contributed by atoms with Crippen LogP contribution in [0.1, 0.15) is 0 Å². The van der Waals surface area contributed by atoms with Crippen LogP contribution in [0.25, 0.3) is 10.2 Å². The molecule has 0 spiro atoms. The van der Waals surface area contributed by atoms with Crippen molar-refractivity contribution in [1.29, 1.82) is 0 Å². The number of rotatable bonds is 3. The van der Waals surface area contributed by atoms with E-state index in [1.807, 2.05) is 35.1 Å². The highest BCUT2D eigenvalue weighted by Crippen LogP contribution is 2.25. The molecule has 0 aliphatic heterocycles. The average molecular weight is 240 g/mol. The summed E-state index contributed by atoms with van der Waals surface area (Å²) in [7, 11) is 0. The molecule has 2 aromatic rings. The molecule has 78 valence electrons. The number of hydrogen-bond acceptors (Lipinski definition) is 3. The van der Waals surface area contributed by atoms with Crippen LogP contribution < -0.4 is 4.57 Å². The minimum atomic E-state index is -0.807. The molecular formula is C10H10NO2S2+. The first-order valence-electron chi connectivity index (χ1n) is 4.39. The SMILES string of the molecule is CSc1sc2ccccc2[n+]1CC(=O)O. The van der Waals surface area contributed by atoms with Crippen molar-refractivity contribution in [3.8, 4) is 0 Å². The molecule has 0 fully saturated rings. The van der Waals surface area contributed by atoms with Crippen LogP contribution in [-0.2, 0) is 11.3 Å². The third-order valence-electron chi connectivity index (χ3n) is 2.04. The van der Waals surface area contributed by atoms with E-state index in [4.69, 9.17) is 5.11 Å². The van der Waals surface area contributed by atoms with Crippen LogP contribution in [-0.4, -0.2) is 17.3 Å². The van der Waals surface area contributed by atoms with Gasteiger partial charge >= 0.3 is 5.97 Å². The van der Waals surface area contributed by atoms with Gasteiger partial charge in [0.1, 0.15) is 4.70 Å². The summed E-state index contributed by atoms with van der Waals surface area (Å²) in [5.74, 6) is -0.807. The molecule has 1 heterocycles. The van der Waals surface area contributed by atoms with Crippen molar-refractivity contribution in [1.82, 2.24) is 0 Å². The van der Waals surface area contributed by atoms with E-state index in [0.717, 1.165) is 14.6 Å². The first-order valence-corrected chi connectivity index (χ1v) is 6.43. The highest BCUT2D eigenvalue weighted by Gasteiger charge is 2.21. The molecule has 0 unspecified atom stereocenters. The maximum Gasteiger partial charge on any atom is 0.370 e. The van der Waals surface area contributed by atoms with Crippen molar-refractivity contribution >= 4 is 39.3 Å². The van der Waals surface area contributed by atoms with Crippen LogP contribution in [0.2, 0.25) is 0 Å². The number of aliphatic carboxylic acids is 1. The van der Waals surface area contributed by atoms with Gasteiger partial charge in [-0.15, -0.1) is 0 Å². The molecule has 0 atom stereocenters. The van der Waals surface area contributed by atoms with Gasteiger partial charge in [-0.25, -0.2) is 4.79 Å². The van der Waals surface area contributed by atoms with E-state index in [-0.39, 0.29) is 6.54 Å². The van der Waals surface area contributed by atoms with E-state index < -0.39 is 5.97 Å². The summed E-state index contributed by atoms with van der Waals surface area (Å²) in [5, 5.41) is 8.84. The van der Waals surface area contributed by atoms with E-state index in [1.165, 1.54) is 0 Å². The number of carboxylic acid groups (broad SMARTS) is 1. The maximum absolute atomic E-state index is 10.8. The molecule has 0 radical (unpaired) electrons. The minimum absolute atomic E-state index is 0.0280. The van der Waals surface area contributed by atoms with Gasteiger partial charge in [0.25, 0.3) is 4.34 Å². The fourth-order valence-corrected chi connectivity index (χ4v) is 3.33. The van der Waals surface area contributed by atoms with Gasteiger partial charge in [-0.2, -0.15) is 4.57 Å². The van der Waals surface area contributed by atoms with Crippen LogP contribution in [0.3, 0.4) is 0 Å². The summed E-state index contributed by atoms with van der Waals surface area (Å²) in [4.78, 5) is 10.8. The maximum atomic E-state index is 10.8. The Bertz CT molecular complexity index is 507. The number of aromatic nitrogens is 1. The second kappa shape index (κ2) is 4.20. The van der Waals surface area contributed by atoms with Crippen molar-refractivity contribution < 1.29 is 14.5 Å². The molecule has 0 bridgehead atoms. The largest absolute Gasteiger partial charge is 0.477 e. The predicted octanol–water partition coefficient (Wildman–Crippen LogP) is 2.00. The zero-order valence-electron chi connectivity index (χ0n) is 8.14. The lowest BCUT2D eigenvalue weighted by molar-refractivity contribution is -0.690. The van der Waals surface area contributed by atoms with E-state index in [1.54, 1.807) is 23.1 Å². The van der Waals surface area contributed by atoms with Gasteiger partial charge in [0.2, 0.25) is 12.1 Å². The molecule has 5 heteroatoms. The molecule has 0 saturated heterocycles. The molecule has 3 nitrogen and oxygen atoms in total. The molecule has 0 aliphatic carbocycles. The van der Waals surface area contributed by atoms with Crippen LogP contribution in [0.15, 0.2) is 28.6 Å². The van der Waals surface area contributed by atoms with Crippen molar-refractivity contribution in [3.63, 3.8) is 0 Å². The monoisotopic (exact) mass is 240 g/mol. The highest BCUT2D eigenvalue weighted by molar-refractivity contribution is 8.00. The van der Waals surface area contributed by atoms with Gasteiger partial charge in [-0.05, 0) is 24.1 Å². The normalized spacial score (nSPS) is 10.7. The first-order chi connectivity index (χ1) is 7.22. The summed E-state index contributed by atoms with van der Waals surface area (Å²) < 4.78 is 3.99. The van der Waals surface area contributed by atoms with Gasteiger partial charge in [0.05, 0.1) is 0 Å². The molecular weight excluding hydrogens is 230 g/mol. The Morgan fingerprint density at radius 1 is 1.53 bits per heavy atom. The topological polar surface area (TPSA) is 41.2 Å². The number of nitrogens with zero attached hydrogens (tertiary/aromatic N) is 1. The van der Waals surface area contributed by atoms with E-state index in [9.17, 15) is 4.79 Å². The van der Waals surface area contributed by atoms with Crippen LogP contribution >= 0.6 is 23.1 Å². The summed E-state index contributed by atoms with van der Waals surface area (Å²) in [5.41, 5.74) is 0.995. The molecule has 1 N–H and O–H groups in total. The van der Waals surface area contributed by atoms with Gasteiger partial charge in [-0.1, -0.05) is 23.5 Å². The standard InChI is InChI=1S/C10H9NO2S2/c1-14-10-11(6-9(12)13)7-4-2-3-5-8(7)15-10/h2-5H,6H2,1H3/p+1. The number of hydrogen-bond donors (Lipinski definition) is 1. The third kappa shape index (κ3) is 1.98. The predicted molar refractivity (Wildman–Crippen MR) is 61.4 cm³/mol. The van der Waals surface area contributed by atoms with Crippen LogP contribution in [0.4, 0.5) is 0 Å². The fourth-order valence-electron chi connectivity index (χ4n) is 1.45. The Morgan fingerprint density at radius 3 is 2.93 bits per heavy atom. The zero-order valence-corrected chi connectivity index (χ0v) is 9.77. The second-order valence-corrected chi connectivity index (χ2v) is 5.10. The average Bonchev–Trinajstić information content (AvgIpc) is 2.56. The van der Waals surface area contributed by atoms with E-state index in [2.05, 4.69) is 0 Å². The van der Waals surface area contributed by atoms with Gasteiger partial charge in [0.15, 0.2) is 0 Å². The molecule has 2 rings (SSSR count). The van der Waals surface area contributed by atoms with Crippen molar-refractivity contribution in [2.75, 3.05) is 6.26 Å². The Kier molecular flexibility index (Phi) is 2.93. The lowest BCUT2D eigenvalue weighted by Gasteiger charge is -1.92. The smallest absolute Gasteiger partial charge is 0.370 e. The minimum Gasteiger partial charge on any atom is -0.477 e. The Labute approximate surface area is 95.4 Å². The van der Waals surface area contributed by atoms with Crippen molar-refractivity contribution in [3.05, 3.63) is 24.3 Å². The third-order valence-corrected chi connectivity index (χ3v) is 4.32. The number of carboxylic acids is 1. The first kappa shape index (κ1) is 10.4. The van der Waals surface area contributed by atoms with Crippen molar-refractivity contribution in [2.24, 2.45) is 0 Å². The molecule has 0 saturated carbocycles. The summed E-state index contributed by atoms with van der Waals surface area (Å²) in [6.45, 7) is 0.0280. The molecule has 1 aromatic carbocycles. The number of thioether (sulfide) groups is 1. The second-order valence-electron chi connectivity index (χ2n) is 3.02. The Balaban J connectivity index is 2.61. The Morgan fingerprint density at radius 2 is 2.27 bits per heavy atom. The summed E-state index contributed by atoms with van der Waals surface area (Å²) >= 11 is 3.21. The van der Waals surface area contributed by atoms with Gasteiger partial charge < -0.3 is 5.11 Å². The quantitative estimate of drug-likeness (QED) is 0.659. The van der Waals surface area contributed by atoms with E-state index in [0.29, 0.717) is 0 Å².